The van der Waals surface area contributed by atoms with Crippen molar-refractivity contribution in [2.45, 2.75) is 26.7 Å². The molecule has 0 amide bonds. The molecule has 0 saturated heterocycles. The van der Waals surface area contributed by atoms with Gasteiger partial charge in [0, 0.05) is 24.8 Å². The Balaban J connectivity index is 2.90. The molecule has 1 rings (SSSR count). The minimum atomic E-state index is -2.48. The van der Waals surface area contributed by atoms with Crippen LogP contribution in [0.15, 0.2) is 6.07 Å². The summed E-state index contributed by atoms with van der Waals surface area (Å²) in [5, 5.41) is 12.0. The van der Waals surface area contributed by atoms with Crippen LogP contribution >= 0.6 is 0 Å². The molecular formula is C12H20F2N4O. The molecule has 0 aromatic carbocycles. The van der Waals surface area contributed by atoms with E-state index in [9.17, 15) is 8.78 Å². The number of aliphatic hydroxyl groups excluding tert-OH is 1. The van der Waals surface area contributed by atoms with E-state index in [1.54, 1.807) is 13.0 Å². The number of rotatable bonds is 8. The predicted molar refractivity (Wildman–Crippen MR) is 70.9 cm³/mol. The molecule has 5 nitrogen and oxygen atoms in total. The highest BCUT2D eigenvalue weighted by atomic mass is 19.3. The molecule has 0 saturated carbocycles. The van der Waals surface area contributed by atoms with Crippen molar-refractivity contribution in [3.8, 4) is 0 Å². The van der Waals surface area contributed by atoms with Gasteiger partial charge in [-0.2, -0.15) is 4.98 Å². The minimum Gasteiger partial charge on any atom is -0.395 e. The van der Waals surface area contributed by atoms with E-state index >= 15 is 0 Å². The highest BCUT2D eigenvalue weighted by Gasteiger charge is 2.15. The van der Waals surface area contributed by atoms with Crippen LogP contribution in [0.4, 0.5) is 20.5 Å². The van der Waals surface area contributed by atoms with Crippen molar-refractivity contribution >= 4 is 11.8 Å². The number of aliphatic hydroxyl groups is 1. The van der Waals surface area contributed by atoms with Crippen LogP contribution in [0.1, 0.15) is 19.0 Å². The Labute approximate surface area is 111 Å². The number of aromatic nitrogens is 2. The summed E-state index contributed by atoms with van der Waals surface area (Å²) in [6.45, 7) is 3.98. The Kier molecular flexibility index (Phi) is 6.41. The number of alkyl halides is 2. The van der Waals surface area contributed by atoms with E-state index in [4.69, 9.17) is 5.11 Å². The zero-order valence-electron chi connectivity index (χ0n) is 11.2. The lowest BCUT2D eigenvalue weighted by Crippen LogP contribution is -2.32. The fraction of sp³-hybridized carbons (Fsp3) is 0.667. The number of hydrogen-bond donors (Lipinski definition) is 2. The second-order valence-electron chi connectivity index (χ2n) is 4.18. The first-order valence-corrected chi connectivity index (χ1v) is 6.30. The molecule has 0 aliphatic rings. The Morgan fingerprint density at radius 2 is 2.16 bits per heavy atom. The van der Waals surface area contributed by atoms with Crippen LogP contribution < -0.4 is 10.2 Å². The van der Waals surface area contributed by atoms with Gasteiger partial charge < -0.3 is 15.3 Å². The second kappa shape index (κ2) is 7.83. The fourth-order valence-corrected chi connectivity index (χ4v) is 1.62. The number of aryl methyl sites for hydroxylation is 1. The Bertz CT molecular complexity index is 390. The molecule has 0 bridgehead atoms. The van der Waals surface area contributed by atoms with Gasteiger partial charge in [-0.05, 0) is 13.3 Å². The smallest absolute Gasteiger partial charge is 0.255 e. The van der Waals surface area contributed by atoms with Crippen LogP contribution in [0, 0.1) is 6.92 Å². The van der Waals surface area contributed by atoms with E-state index < -0.39 is 13.0 Å². The monoisotopic (exact) mass is 274 g/mol. The maximum Gasteiger partial charge on any atom is 0.255 e. The molecular weight excluding hydrogens is 254 g/mol. The van der Waals surface area contributed by atoms with Gasteiger partial charge in [0.2, 0.25) is 5.95 Å². The first kappa shape index (κ1) is 15.6. The molecule has 1 heterocycles. The van der Waals surface area contributed by atoms with Gasteiger partial charge in [0.15, 0.2) is 0 Å². The van der Waals surface area contributed by atoms with Crippen molar-refractivity contribution in [2.75, 3.05) is 36.5 Å². The zero-order chi connectivity index (χ0) is 14.3. The molecule has 0 fully saturated rings. The van der Waals surface area contributed by atoms with Crippen LogP contribution in [0.3, 0.4) is 0 Å². The van der Waals surface area contributed by atoms with E-state index in [1.807, 2.05) is 6.92 Å². The first-order valence-electron chi connectivity index (χ1n) is 6.30. The van der Waals surface area contributed by atoms with Gasteiger partial charge in [0.05, 0.1) is 13.2 Å². The molecule has 1 aromatic heterocycles. The molecule has 0 atom stereocenters. The number of nitrogens with one attached hydrogen (secondary N) is 1. The molecule has 19 heavy (non-hydrogen) atoms. The quantitative estimate of drug-likeness (QED) is 0.755. The summed E-state index contributed by atoms with van der Waals surface area (Å²) >= 11 is 0. The summed E-state index contributed by atoms with van der Waals surface area (Å²) in [6, 6.07) is 1.63. The summed E-state index contributed by atoms with van der Waals surface area (Å²) in [4.78, 5) is 9.75. The van der Waals surface area contributed by atoms with Gasteiger partial charge in [-0.1, -0.05) is 6.92 Å². The summed E-state index contributed by atoms with van der Waals surface area (Å²) in [5.74, 6) is 0.828. The number of anilines is 2. The largest absolute Gasteiger partial charge is 0.395 e. The molecule has 0 unspecified atom stereocenters. The summed E-state index contributed by atoms with van der Waals surface area (Å²) in [5.41, 5.74) is 0.695. The summed E-state index contributed by atoms with van der Waals surface area (Å²) in [7, 11) is 0. The number of halogens is 2. The van der Waals surface area contributed by atoms with Crippen LogP contribution in [0.25, 0.3) is 0 Å². The third-order valence-corrected chi connectivity index (χ3v) is 2.43. The molecule has 1 aromatic rings. The zero-order valence-corrected chi connectivity index (χ0v) is 11.2. The maximum absolute atomic E-state index is 12.5. The van der Waals surface area contributed by atoms with Gasteiger partial charge in [-0.15, -0.1) is 0 Å². The van der Waals surface area contributed by atoms with Crippen molar-refractivity contribution in [1.29, 1.82) is 0 Å². The van der Waals surface area contributed by atoms with Gasteiger partial charge in [0.1, 0.15) is 5.82 Å². The summed E-state index contributed by atoms with van der Waals surface area (Å²) < 4.78 is 25.0. The SMILES string of the molecule is CCCNc1nc(C)cc(N(CCO)CC(F)F)n1. The van der Waals surface area contributed by atoms with Gasteiger partial charge >= 0.3 is 0 Å². The average molecular weight is 274 g/mol. The lowest BCUT2D eigenvalue weighted by Gasteiger charge is -2.23. The third kappa shape index (κ3) is 5.34. The van der Waals surface area contributed by atoms with Crippen molar-refractivity contribution < 1.29 is 13.9 Å². The van der Waals surface area contributed by atoms with Gasteiger partial charge in [0.25, 0.3) is 6.43 Å². The normalized spacial score (nSPS) is 10.8. The first-order chi connectivity index (χ1) is 9.06. The molecule has 0 spiro atoms. The van der Waals surface area contributed by atoms with Crippen LogP contribution in [0.5, 0.6) is 0 Å². The lowest BCUT2D eigenvalue weighted by atomic mass is 10.3. The van der Waals surface area contributed by atoms with Crippen LogP contribution in [0.2, 0.25) is 0 Å². The van der Waals surface area contributed by atoms with Crippen molar-refractivity contribution in [3.63, 3.8) is 0 Å². The van der Waals surface area contributed by atoms with E-state index in [2.05, 4.69) is 15.3 Å². The van der Waals surface area contributed by atoms with E-state index in [0.29, 0.717) is 17.5 Å². The lowest BCUT2D eigenvalue weighted by molar-refractivity contribution is 0.152. The minimum absolute atomic E-state index is 0.119. The molecule has 2 N–H and O–H groups in total. The third-order valence-electron chi connectivity index (χ3n) is 2.43. The molecule has 0 aliphatic heterocycles. The van der Waals surface area contributed by atoms with Crippen molar-refractivity contribution in [2.24, 2.45) is 0 Å². The number of nitrogens with zero attached hydrogens (tertiary/aromatic N) is 3. The van der Waals surface area contributed by atoms with Crippen LogP contribution in [-0.2, 0) is 0 Å². The Morgan fingerprint density at radius 3 is 2.74 bits per heavy atom. The average Bonchev–Trinajstić information content (AvgIpc) is 2.34. The van der Waals surface area contributed by atoms with Crippen molar-refractivity contribution in [3.05, 3.63) is 11.8 Å². The van der Waals surface area contributed by atoms with Gasteiger partial charge in [-0.3, -0.25) is 0 Å². The number of hydrogen-bond acceptors (Lipinski definition) is 5. The Hall–Kier alpha value is -1.50. The van der Waals surface area contributed by atoms with E-state index in [1.165, 1.54) is 4.90 Å². The topological polar surface area (TPSA) is 61.3 Å². The second-order valence-corrected chi connectivity index (χ2v) is 4.18. The standard InChI is InChI=1S/C12H20F2N4O/c1-3-4-15-12-16-9(2)7-11(17-12)18(5-6-19)8-10(13)14/h7,10,19H,3-6,8H2,1-2H3,(H,15,16,17). The van der Waals surface area contributed by atoms with E-state index in [-0.39, 0.29) is 13.2 Å². The van der Waals surface area contributed by atoms with Crippen LogP contribution in [-0.4, -0.2) is 47.7 Å². The maximum atomic E-state index is 12.5. The fourth-order valence-electron chi connectivity index (χ4n) is 1.62. The van der Waals surface area contributed by atoms with E-state index in [0.717, 1.165) is 13.0 Å². The predicted octanol–water partition coefficient (Wildman–Crippen LogP) is 1.67. The molecule has 7 heteroatoms. The molecule has 0 radical (unpaired) electrons. The van der Waals surface area contributed by atoms with Crippen molar-refractivity contribution in [1.82, 2.24) is 9.97 Å². The summed E-state index contributed by atoms with van der Waals surface area (Å²) in [6.07, 6.45) is -1.56. The highest BCUT2D eigenvalue weighted by Crippen LogP contribution is 2.16. The molecule has 0 aliphatic carbocycles. The Morgan fingerprint density at radius 1 is 1.42 bits per heavy atom. The highest BCUT2D eigenvalue weighted by molar-refractivity contribution is 5.44. The molecule has 108 valence electrons. The van der Waals surface area contributed by atoms with Gasteiger partial charge in [-0.25, -0.2) is 13.8 Å².